The number of benzene rings is 1. The standard InChI is InChI=1S/C16H17NO3.Na.H/c1-4-17-10(2)13(12-8-6-5-7-9-12)15(18)14(11(17)3)16(19)20;;/h5-9H,4H2,1-3H3,(H,19,20);;/q;+1;-1. The molecule has 0 aliphatic carbocycles. The quantitative estimate of drug-likeness (QED) is 0.809. The van der Waals surface area contributed by atoms with Crippen LogP contribution in [0, 0.1) is 13.8 Å². The number of pyridine rings is 1. The van der Waals surface area contributed by atoms with Crippen molar-refractivity contribution in [3.63, 3.8) is 0 Å². The summed E-state index contributed by atoms with van der Waals surface area (Å²) in [6.07, 6.45) is 0. The first kappa shape index (κ1) is 17.7. The van der Waals surface area contributed by atoms with Crippen LogP contribution in [0.3, 0.4) is 0 Å². The fourth-order valence-corrected chi connectivity index (χ4v) is 2.65. The van der Waals surface area contributed by atoms with Crippen LogP contribution >= 0.6 is 0 Å². The maximum atomic E-state index is 12.5. The molecule has 0 atom stereocenters. The first-order chi connectivity index (χ1) is 9.49. The van der Waals surface area contributed by atoms with Crippen molar-refractivity contribution >= 4 is 5.97 Å². The third-order valence-corrected chi connectivity index (χ3v) is 3.58. The van der Waals surface area contributed by atoms with E-state index in [4.69, 9.17) is 0 Å². The molecule has 0 aliphatic rings. The zero-order chi connectivity index (χ0) is 14.9. The zero-order valence-electron chi connectivity index (χ0n) is 13.8. The molecule has 0 amide bonds. The van der Waals surface area contributed by atoms with Crippen LogP contribution in [0.4, 0.5) is 0 Å². The number of hydrogen-bond donors (Lipinski definition) is 1. The van der Waals surface area contributed by atoms with Gasteiger partial charge < -0.3 is 11.1 Å². The van der Waals surface area contributed by atoms with Gasteiger partial charge in [0, 0.05) is 23.5 Å². The van der Waals surface area contributed by atoms with E-state index < -0.39 is 11.4 Å². The molecule has 0 bridgehead atoms. The minimum Gasteiger partial charge on any atom is -1.00 e. The minimum atomic E-state index is -1.17. The van der Waals surface area contributed by atoms with Gasteiger partial charge in [-0.3, -0.25) is 4.79 Å². The van der Waals surface area contributed by atoms with Gasteiger partial charge in [-0.15, -0.1) is 0 Å². The van der Waals surface area contributed by atoms with Gasteiger partial charge >= 0.3 is 35.5 Å². The Morgan fingerprint density at radius 3 is 2.24 bits per heavy atom. The topological polar surface area (TPSA) is 59.3 Å². The predicted octanol–water partition coefficient (Wildman–Crippen LogP) is -0.0333. The van der Waals surface area contributed by atoms with Crippen molar-refractivity contribution in [2.24, 2.45) is 0 Å². The molecule has 0 radical (unpaired) electrons. The molecule has 5 heteroatoms. The summed E-state index contributed by atoms with van der Waals surface area (Å²) >= 11 is 0. The van der Waals surface area contributed by atoms with Crippen LogP contribution in [0.25, 0.3) is 11.1 Å². The number of carboxylic acid groups (broad SMARTS) is 1. The second kappa shape index (κ2) is 7.07. The Kier molecular flexibility index (Phi) is 5.96. The fourth-order valence-electron chi connectivity index (χ4n) is 2.65. The molecular weight excluding hydrogens is 277 g/mol. The molecular formula is C16H18NNaO3. The molecule has 0 fully saturated rings. The van der Waals surface area contributed by atoms with E-state index in [1.54, 1.807) is 6.92 Å². The number of aromatic nitrogens is 1. The van der Waals surface area contributed by atoms with E-state index in [1.165, 1.54) is 0 Å². The van der Waals surface area contributed by atoms with E-state index >= 15 is 0 Å². The largest absolute Gasteiger partial charge is 1.00 e. The SMILES string of the molecule is CCn1c(C)c(C(=O)O)c(=O)c(-c2ccccc2)c1C.[H-].[Na+]. The van der Waals surface area contributed by atoms with Crippen LogP contribution in [-0.4, -0.2) is 15.6 Å². The molecule has 1 aromatic heterocycles. The summed E-state index contributed by atoms with van der Waals surface area (Å²) in [6.45, 7) is 6.09. The maximum Gasteiger partial charge on any atom is 1.00 e. The fraction of sp³-hybridized carbons (Fsp3) is 0.250. The minimum absolute atomic E-state index is 0. The van der Waals surface area contributed by atoms with Gasteiger partial charge in [-0.05, 0) is 26.3 Å². The van der Waals surface area contributed by atoms with Gasteiger partial charge in [-0.25, -0.2) is 4.79 Å². The Bertz CT molecular complexity index is 726. The Balaban J connectivity index is 0.00000220. The average molecular weight is 295 g/mol. The number of carbonyl (C=O) groups is 1. The molecule has 2 rings (SSSR count). The molecule has 1 heterocycles. The Morgan fingerprint density at radius 1 is 1.19 bits per heavy atom. The van der Waals surface area contributed by atoms with E-state index in [-0.39, 0.29) is 36.5 Å². The molecule has 1 N–H and O–H groups in total. The van der Waals surface area contributed by atoms with Gasteiger partial charge in [-0.1, -0.05) is 30.3 Å². The van der Waals surface area contributed by atoms with Gasteiger partial charge in [0.15, 0.2) is 0 Å². The second-order valence-electron chi connectivity index (χ2n) is 4.67. The van der Waals surface area contributed by atoms with Gasteiger partial charge in [0.1, 0.15) is 5.56 Å². The van der Waals surface area contributed by atoms with Crippen molar-refractivity contribution in [3.05, 3.63) is 57.5 Å². The first-order valence-electron chi connectivity index (χ1n) is 6.51. The van der Waals surface area contributed by atoms with E-state index in [0.29, 0.717) is 17.8 Å². The van der Waals surface area contributed by atoms with Crippen molar-refractivity contribution < 1.29 is 40.9 Å². The van der Waals surface area contributed by atoms with Crippen LogP contribution in [-0.2, 0) is 6.54 Å². The van der Waals surface area contributed by atoms with Crippen molar-refractivity contribution in [2.75, 3.05) is 0 Å². The van der Waals surface area contributed by atoms with Crippen molar-refractivity contribution in [1.29, 1.82) is 0 Å². The summed E-state index contributed by atoms with van der Waals surface area (Å²) in [6, 6.07) is 9.19. The molecule has 2 aromatic rings. The van der Waals surface area contributed by atoms with Gasteiger partial charge in [0.25, 0.3) is 0 Å². The Hall–Kier alpha value is -1.36. The third kappa shape index (κ3) is 3.12. The average Bonchev–Trinajstić information content (AvgIpc) is 2.39. The smallest absolute Gasteiger partial charge is 1.00 e. The van der Waals surface area contributed by atoms with E-state index in [1.807, 2.05) is 48.7 Å². The summed E-state index contributed by atoms with van der Waals surface area (Å²) in [5.41, 5.74) is 1.96. The summed E-state index contributed by atoms with van der Waals surface area (Å²) in [7, 11) is 0. The molecule has 1 aromatic carbocycles. The second-order valence-corrected chi connectivity index (χ2v) is 4.67. The van der Waals surface area contributed by atoms with Gasteiger partial charge in [-0.2, -0.15) is 0 Å². The number of aromatic carboxylic acids is 1. The number of nitrogens with zero attached hydrogens (tertiary/aromatic N) is 1. The Morgan fingerprint density at radius 2 is 1.76 bits per heavy atom. The van der Waals surface area contributed by atoms with E-state index in [9.17, 15) is 14.7 Å². The monoisotopic (exact) mass is 295 g/mol. The third-order valence-electron chi connectivity index (χ3n) is 3.58. The van der Waals surface area contributed by atoms with E-state index in [2.05, 4.69) is 0 Å². The van der Waals surface area contributed by atoms with Crippen molar-refractivity contribution in [2.45, 2.75) is 27.3 Å². The molecule has 106 valence electrons. The van der Waals surface area contributed by atoms with Crippen molar-refractivity contribution in [1.82, 2.24) is 4.57 Å². The van der Waals surface area contributed by atoms with Gasteiger partial charge in [0.2, 0.25) is 5.43 Å². The van der Waals surface area contributed by atoms with Gasteiger partial charge in [0.05, 0.1) is 0 Å². The van der Waals surface area contributed by atoms with E-state index in [0.717, 1.165) is 11.3 Å². The van der Waals surface area contributed by atoms with Crippen LogP contribution in [0.15, 0.2) is 35.1 Å². The van der Waals surface area contributed by atoms with Crippen LogP contribution < -0.4 is 35.0 Å². The van der Waals surface area contributed by atoms with Crippen LogP contribution in [0.2, 0.25) is 0 Å². The van der Waals surface area contributed by atoms with Crippen LogP contribution in [0.5, 0.6) is 0 Å². The Labute approximate surface area is 147 Å². The predicted molar refractivity (Wildman–Crippen MR) is 79.4 cm³/mol. The molecule has 21 heavy (non-hydrogen) atoms. The summed E-state index contributed by atoms with van der Waals surface area (Å²) in [4.78, 5) is 23.9. The molecule has 0 aliphatic heterocycles. The summed E-state index contributed by atoms with van der Waals surface area (Å²) in [5.74, 6) is -1.17. The summed E-state index contributed by atoms with van der Waals surface area (Å²) in [5, 5.41) is 9.32. The molecule has 0 spiro atoms. The molecule has 0 saturated carbocycles. The van der Waals surface area contributed by atoms with Crippen LogP contribution in [0.1, 0.15) is 30.1 Å². The number of hydrogen-bond acceptors (Lipinski definition) is 2. The maximum absolute atomic E-state index is 12.5. The summed E-state index contributed by atoms with van der Waals surface area (Å²) < 4.78 is 1.87. The number of carboxylic acids is 1. The first-order valence-corrected chi connectivity index (χ1v) is 6.51. The number of rotatable bonds is 3. The normalized spacial score (nSPS) is 10.0. The molecule has 0 saturated heterocycles. The van der Waals surface area contributed by atoms with Crippen molar-refractivity contribution in [3.8, 4) is 11.1 Å². The molecule has 4 nitrogen and oxygen atoms in total. The zero-order valence-corrected chi connectivity index (χ0v) is 14.8. The molecule has 0 unspecified atom stereocenters.